The van der Waals surface area contributed by atoms with Crippen molar-refractivity contribution in [1.82, 2.24) is 0 Å². The van der Waals surface area contributed by atoms with Gasteiger partial charge in [-0.05, 0) is 22.9 Å². The van der Waals surface area contributed by atoms with Crippen LogP contribution < -0.4 is 0 Å². The van der Waals surface area contributed by atoms with Gasteiger partial charge in [0.15, 0.2) is 0 Å². The maximum atomic E-state index is 12.5. The number of phenolic OH excluding ortho intramolecular Hbond substituents is 1. The molecule has 0 radical (unpaired) electrons. The second kappa shape index (κ2) is 7.05. The topological polar surface area (TPSA) is 72.8 Å². The number of fused-ring (bicyclic) bond motifs is 1. The van der Waals surface area contributed by atoms with E-state index in [1.807, 2.05) is 24.3 Å². The first-order valence-electron chi connectivity index (χ1n) is 7.65. The molecule has 126 valence electrons. The fourth-order valence-electron chi connectivity index (χ4n) is 2.55. The highest BCUT2D eigenvalue weighted by atomic mass is 16.6. The van der Waals surface area contributed by atoms with Crippen molar-refractivity contribution in [3.05, 3.63) is 77.9 Å². The fraction of sp³-hybridized carbons (Fsp3) is 0.100. The van der Waals surface area contributed by atoms with E-state index >= 15 is 0 Å². The molecule has 3 aromatic rings. The SMILES string of the molecule is COC(=O)C(OC(=O)c1cc2ccccc2cc1O)c1ccccc1. The first-order chi connectivity index (χ1) is 12.1. The molecule has 0 aliphatic heterocycles. The van der Waals surface area contributed by atoms with Crippen LogP contribution in [0.1, 0.15) is 22.0 Å². The van der Waals surface area contributed by atoms with Crippen LogP contribution in [0.2, 0.25) is 0 Å². The third-order valence-corrected chi connectivity index (χ3v) is 3.83. The van der Waals surface area contributed by atoms with Crippen LogP contribution in [0, 0.1) is 0 Å². The van der Waals surface area contributed by atoms with E-state index in [1.165, 1.54) is 19.2 Å². The molecule has 0 aliphatic rings. The van der Waals surface area contributed by atoms with Crippen molar-refractivity contribution in [2.24, 2.45) is 0 Å². The van der Waals surface area contributed by atoms with Crippen LogP contribution >= 0.6 is 0 Å². The summed E-state index contributed by atoms with van der Waals surface area (Å²) in [6, 6.07) is 18.9. The molecule has 1 atom stereocenters. The number of aromatic hydroxyl groups is 1. The number of methoxy groups -OCH3 is 1. The Morgan fingerprint density at radius 3 is 2.16 bits per heavy atom. The molecular weight excluding hydrogens is 320 g/mol. The van der Waals surface area contributed by atoms with E-state index in [-0.39, 0.29) is 11.3 Å². The minimum absolute atomic E-state index is 0.0106. The molecule has 0 aliphatic carbocycles. The number of phenols is 1. The number of hydrogen-bond donors (Lipinski definition) is 1. The third-order valence-electron chi connectivity index (χ3n) is 3.83. The van der Waals surface area contributed by atoms with Crippen LogP contribution in [0.15, 0.2) is 66.7 Å². The van der Waals surface area contributed by atoms with Gasteiger partial charge in [0.25, 0.3) is 0 Å². The van der Waals surface area contributed by atoms with E-state index in [4.69, 9.17) is 9.47 Å². The van der Waals surface area contributed by atoms with Gasteiger partial charge in [0.1, 0.15) is 11.3 Å². The van der Waals surface area contributed by atoms with Crippen molar-refractivity contribution in [2.45, 2.75) is 6.10 Å². The third kappa shape index (κ3) is 3.45. The van der Waals surface area contributed by atoms with Crippen LogP contribution in [0.25, 0.3) is 10.8 Å². The fourth-order valence-corrected chi connectivity index (χ4v) is 2.55. The predicted octanol–water partition coefficient (Wildman–Crippen LogP) is 3.62. The zero-order chi connectivity index (χ0) is 17.8. The van der Waals surface area contributed by atoms with Gasteiger partial charge in [-0.3, -0.25) is 0 Å². The number of benzene rings is 3. The summed E-state index contributed by atoms with van der Waals surface area (Å²) in [6.45, 7) is 0. The number of carbonyl (C=O) groups excluding carboxylic acids is 2. The smallest absolute Gasteiger partial charge is 0.351 e. The van der Waals surface area contributed by atoms with Gasteiger partial charge in [-0.15, -0.1) is 0 Å². The Morgan fingerprint density at radius 2 is 1.52 bits per heavy atom. The average Bonchev–Trinajstić information content (AvgIpc) is 2.65. The van der Waals surface area contributed by atoms with Crippen molar-refractivity contribution in [2.75, 3.05) is 7.11 Å². The highest BCUT2D eigenvalue weighted by Gasteiger charge is 2.27. The summed E-state index contributed by atoms with van der Waals surface area (Å²) in [5.41, 5.74) is 0.478. The highest BCUT2D eigenvalue weighted by Crippen LogP contribution is 2.28. The molecule has 0 amide bonds. The summed E-state index contributed by atoms with van der Waals surface area (Å²) in [5.74, 6) is -1.71. The number of rotatable bonds is 4. The molecule has 5 nitrogen and oxygen atoms in total. The van der Waals surface area contributed by atoms with Crippen LogP contribution in [-0.2, 0) is 14.3 Å². The normalized spacial score (nSPS) is 11.7. The molecule has 3 aromatic carbocycles. The maximum Gasteiger partial charge on any atom is 0.351 e. The lowest BCUT2D eigenvalue weighted by molar-refractivity contribution is -0.151. The van der Waals surface area contributed by atoms with Crippen LogP contribution in [-0.4, -0.2) is 24.2 Å². The Labute approximate surface area is 144 Å². The summed E-state index contributed by atoms with van der Waals surface area (Å²) in [4.78, 5) is 24.5. The van der Waals surface area contributed by atoms with E-state index in [9.17, 15) is 14.7 Å². The molecule has 0 spiro atoms. The lowest BCUT2D eigenvalue weighted by Gasteiger charge is -2.16. The van der Waals surface area contributed by atoms with Gasteiger partial charge >= 0.3 is 11.9 Å². The second-order valence-electron chi connectivity index (χ2n) is 5.44. The Hall–Kier alpha value is -3.34. The minimum atomic E-state index is -1.20. The number of esters is 2. The monoisotopic (exact) mass is 336 g/mol. The van der Waals surface area contributed by atoms with E-state index in [0.717, 1.165) is 10.8 Å². The Balaban J connectivity index is 1.94. The largest absolute Gasteiger partial charge is 0.507 e. The van der Waals surface area contributed by atoms with E-state index in [1.54, 1.807) is 30.3 Å². The number of carbonyl (C=O) groups is 2. The molecule has 0 heterocycles. The second-order valence-corrected chi connectivity index (χ2v) is 5.44. The molecule has 0 saturated carbocycles. The molecule has 0 aromatic heterocycles. The summed E-state index contributed by atoms with van der Waals surface area (Å²) in [5, 5.41) is 11.7. The molecule has 1 unspecified atom stereocenters. The molecule has 0 fully saturated rings. The summed E-state index contributed by atoms with van der Waals surface area (Å²) in [6.07, 6.45) is -1.20. The van der Waals surface area contributed by atoms with Crippen LogP contribution in [0.3, 0.4) is 0 Å². The maximum absolute atomic E-state index is 12.5. The van der Waals surface area contributed by atoms with Gasteiger partial charge in [0.2, 0.25) is 6.10 Å². The van der Waals surface area contributed by atoms with Gasteiger partial charge in [-0.2, -0.15) is 0 Å². The van der Waals surface area contributed by atoms with Gasteiger partial charge in [0, 0.05) is 5.56 Å². The molecular formula is C20H16O5. The number of ether oxygens (including phenoxy) is 2. The van der Waals surface area contributed by atoms with E-state index < -0.39 is 18.0 Å². The summed E-state index contributed by atoms with van der Waals surface area (Å²) in [7, 11) is 1.22. The van der Waals surface area contributed by atoms with E-state index in [0.29, 0.717) is 5.56 Å². The van der Waals surface area contributed by atoms with Gasteiger partial charge in [0.05, 0.1) is 7.11 Å². The first kappa shape index (κ1) is 16.5. The summed E-state index contributed by atoms with van der Waals surface area (Å²) < 4.78 is 10.1. The molecule has 3 rings (SSSR count). The van der Waals surface area contributed by atoms with Crippen molar-refractivity contribution in [3.8, 4) is 5.75 Å². The average molecular weight is 336 g/mol. The van der Waals surface area contributed by atoms with Crippen molar-refractivity contribution in [1.29, 1.82) is 0 Å². The van der Waals surface area contributed by atoms with Gasteiger partial charge in [-0.1, -0.05) is 54.6 Å². The van der Waals surface area contributed by atoms with Crippen molar-refractivity contribution < 1.29 is 24.2 Å². The van der Waals surface area contributed by atoms with Crippen molar-refractivity contribution in [3.63, 3.8) is 0 Å². The molecule has 25 heavy (non-hydrogen) atoms. The van der Waals surface area contributed by atoms with Crippen molar-refractivity contribution >= 4 is 22.7 Å². The molecule has 0 saturated heterocycles. The lowest BCUT2D eigenvalue weighted by Crippen LogP contribution is -2.21. The zero-order valence-electron chi connectivity index (χ0n) is 13.5. The minimum Gasteiger partial charge on any atom is -0.507 e. The van der Waals surface area contributed by atoms with Gasteiger partial charge in [-0.25, -0.2) is 9.59 Å². The quantitative estimate of drug-likeness (QED) is 0.737. The Kier molecular flexibility index (Phi) is 4.66. The van der Waals surface area contributed by atoms with Crippen LogP contribution in [0.4, 0.5) is 0 Å². The predicted molar refractivity (Wildman–Crippen MR) is 92.2 cm³/mol. The molecule has 0 bridgehead atoms. The highest BCUT2D eigenvalue weighted by molar-refractivity contribution is 5.99. The number of hydrogen-bond acceptors (Lipinski definition) is 5. The summed E-state index contributed by atoms with van der Waals surface area (Å²) >= 11 is 0. The van der Waals surface area contributed by atoms with E-state index in [2.05, 4.69) is 0 Å². The zero-order valence-corrected chi connectivity index (χ0v) is 13.5. The first-order valence-corrected chi connectivity index (χ1v) is 7.65. The Morgan fingerprint density at radius 1 is 0.920 bits per heavy atom. The standard InChI is InChI=1S/C20H16O5/c1-24-20(23)18(13-7-3-2-4-8-13)25-19(22)16-11-14-9-5-6-10-15(14)12-17(16)21/h2-12,18,21H,1H3. The van der Waals surface area contributed by atoms with Crippen LogP contribution in [0.5, 0.6) is 5.75 Å². The molecule has 5 heteroatoms. The van der Waals surface area contributed by atoms with Gasteiger partial charge < -0.3 is 14.6 Å². The lowest BCUT2D eigenvalue weighted by atomic mass is 10.1. The molecule has 1 N–H and O–H groups in total. The Bertz CT molecular complexity index is 918.